The Balaban J connectivity index is 0.770. The van der Waals surface area contributed by atoms with Crippen LogP contribution in [0.1, 0.15) is 125 Å². The van der Waals surface area contributed by atoms with E-state index in [-0.39, 0.29) is 95.8 Å². The van der Waals surface area contributed by atoms with Crippen LogP contribution in [-0.4, -0.2) is 234 Å². The van der Waals surface area contributed by atoms with Crippen molar-refractivity contribution in [2.24, 2.45) is 0 Å². The number of esters is 8. The fourth-order valence-electron chi connectivity index (χ4n) is 16.1. The standard InChI is InChI=1S/C87H91N7O36S2/c1-41(95)115-39-70-74(121-43(3)97)76(123-45(5)99)78(125-47(7)101)84(129-70)127-64-15-13-49(24-60(64)93(109)110)35-119-86(107)91-58-28-68(66(113-11)26-56(58)80(103)89-33-54-17-19-131-72(54)30-62(89)82(91)105)117-37-52-21-51(32-88(9)10)22-53(23-52)38-118-69-29-59-57(27-67(69)114-12)81(104)90-34-55-18-20-132-73(55)31-63(90)83(106)92(59)87(108)120-36-50-14-16-65(61(25-50)94(111)112)128-85-79(126-48(8)102)77(124-46(6)100)75(122-44(4)98)71(130-85)40-116-42(2)96/h13-29,62-63,70-71,74-79,82-85,105-106H,30-40H2,1-12H3/t62-,63+,70-,71-,74+,75+,76+,77+,78-,79-,82?,83?,84-,85-/m1/s1. The number of nitro benzene ring substituents is 2. The molecule has 6 aliphatic heterocycles. The fourth-order valence-corrected chi connectivity index (χ4v) is 18.0. The van der Waals surface area contributed by atoms with Crippen LogP contribution in [0.15, 0.2) is 102 Å². The topological polar surface area (TPSA) is 514 Å². The van der Waals surface area contributed by atoms with Gasteiger partial charge in [-0.2, -0.15) is 0 Å². The molecule has 0 spiro atoms. The highest BCUT2D eigenvalue weighted by Crippen LogP contribution is 2.47. The van der Waals surface area contributed by atoms with Crippen LogP contribution < -0.4 is 38.2 Å². The molecule has 14 atom stereocenters. The van der Waals surface area contributed by atoms with Gasteiger partial charge in [0.15, 0.2) is 71.4 Å². The maximum absolute atomic E-state index is 15.1. The van der Waals surface area contributed by atoms with Gasteiger partial charge in [-0.25, -0.2) is 19.4 Å². The Morgan fingerprint density at radius 3 is 1.15 bits per heavy atom. The second kappa shape index (κ2) is 41.1. The molecule has 132 heavy (non-hydrogen) atoms. The van der Waals surface area contributed by atoms with Crippen molar-refractivity contribution < 1.29 is 163 Å². The minimum Gasteiger partial charge on any atom is -0.493 e. The summed E-state index contributed by atoms with van der Waals surface area (Å²) < 4.78 is 104. The second-order valence-electron chi connectivity index (χ2n) is 31.3. The van der Waals surface area contributed by atoms with E-state index in [0.717, 1.165) is 116 Å². The Morgan fingerprint density at radius 2 is 0.803 bits per heavy atom. The molecule has 2 saturated heterocycles. The summed E-state index contributed by atoms with van der Waals surface area (Å²) in [4.78, 5) is 192. The van der Waals surface area contributed by atoms with Crippen molar-refractivity contribution in [1.29, 1.82) is 0 Å². The van der Waals surface area contributed by atoms with Gasteiger partial charge in [0.1, 0.15) is 51.8 Å². The van der Waals surface area contributed by atoms with Crippen molar-refractivity contribution in [1.82, 2.24) is 14.7 Å². The SMILES string of the molecule is COc1cc2c(cc1OCc1cc(COc3cc4c(cc3OC)C(=O)N3Cc5ccsc5C[C@H]3C(O)N4C(=O)OCc3ccc(O[C@@H]4O[C@H](COC(C)=O)[C@H](OC(C)=O)[C@H](OC(C)=O)[C@H]4OC(C)=O)c([N+](=O)[O-])c3)cc(CN(C)C)c1)N(C(=O)OCc1ccc(O[C@@H]3O[C@H](COC(C)=O)[C@H](OC(C)=O)[C@H](OC(C)=O)[C@H]3OC(C)=O)c([N+](=O)[O-])c1)C(O)[C@H]1Cc3sccc3CN1C2=O. The molecule has 5 aromatic carbocycles. The minimum atomic E-state index is -1.89. The number of aliphatic hydroxyl groups is 2. The number of hydrogen-bond acceptors (Lipinski definition) is 39. The van der Waals surface area contributed by atoms with Gasteiger partial charge in [-0.15, -0.1) is 22.7 Å². The quantitative estimate of drug-likeness (QED) is 0.0187. The molecule has 2 N–H and O–H groups in total. The Morgan fingerprint density at radius 1 is 0.439 bits per heavy atom. The second-order valence-corrected chi connectivity index (χ2v) is 33.3. The molecule has 13 rings (SSSR count). The van der Waals surface area contributed by atoms with Crippen LogP contribution in [-0.2, 0) is 154 Å². The molecule has 0 aliphatic carbocycles. The summed E-state index contributed by atoms with van der Waals surface area (Å²) in [5.74, 6) is -9.70. The number of benzene rings is 5. The summed E-state index contributed by atoms with van der Waals surface area (Å²) in [5, 5.41) is 55.0. The van der Waals surface area contributed by atoms with Crippen molar-refractivity contribution in [3.8, 4) is 34.5 Å². The zero-order valence-corrected chi connectivity index (χ0v) is 74.5. The average molecular weight is 1870 g/mol. The van der Waals surface area contributed by atoms with Crippen LogP contribution in [0.5, 0.6) is 34.5 Å². The van der Waals surface area contributed by atoms with E-state index < -0.39 is 217 Å². The normalized spacial score (nSPS) is 22.2. The number of fused-ring (bicyclic) bond motifs is 6. The Labute approximate surface area is 759 Å². The van der Waals surface area contributed by atoms with Crippen LogP contribution in [0.2, 0.25) is 0 Å². The third kappa shape index (κ3) is 21.7. The number of ether oxygens (including phenoxy) is 18. The van der Waals surface area contributed by atoms with Gasteiger partial charge in [0.2, 0.25) is 24.8 Å². The van der Waals surface area contributed by atoms with E-state index in [1.54, 1.807) is 6.07 Å². The lowest BCUT2D eigenvalue weighted by Crippen LogP contribution is -2.63. The molecule has 0 bridgehead atoms. The highest BCUT2D eigenvalue weighted by atomic mass is 32.1. The lowest BCUT2D eigenvalue weighted by molar-refractivity contribution is -0.387. The highest BCUT2D eigenvalue weighted by molar-refractivity contribution is 7.10. The summed E-state index contributed by atoms with van der Waals surface area (Å²) in [6.45, 7) is 5.31. The number of thiophene rings is 2. The number of methoxy groups -OCH3 is 2. The highest BCUT2D eigenvalue weighted by Gasteiger charge is 2.57. The third-order valence-corrected chi connectivity index (χ3v) is 23.5. The van der Waals surface area contributed by atoms with Crippen molar-refractivity contribution in [3.05, 3.63) is 182 Å². The molecule has 0 radical (unpaired) electrons. The van der Waals surface area contributed by atoms with E-state index >= 15 is 19.2 Å². The van der Waals surface area contributed by atoms with Gasteiger partial charge >= 0.3 is 71.3 Å². The average Bonchev–Trinajstić information content (AvgIpc) is 1.56. The third-order valence-electron chi connectivity index (χ3n) is 21.6. The molecule has 0 saturated carbocycles. The van der Waals surface area contributed by atoms with E-state index in [9.17, 15) is 68.8 Å². The molecule has 702 valence electrons. The molecule has 45 heteroatoms. The summed E-state index contributed by atoms with van der Waals surface area (Å²) in [7, 11) is 6.32. The molecule has 2 fully saturated rings. The number of rotatable bonds is 30. The van der Waals surface area contributed by atoms with Gasteiger partial charge in [0, 0.05) is 122 Å². The zero-order chi connectivity index (χ0) is 95.1. The first-order valence-corrected chi connectivity index (χ1v) is 42.6. The van der Waals surface area contributed by atoms with E-state index in [0.29, 0.717) is 17.7 Å². The summed E-state index contributed by atoms with van der Waals surface area (Å²) in [6, 6.07) is 19.0. The smallest absolute Gasteiger partial charge is 0.416 e. The van der Waals surface area contributed by atoms with Crippen molar-refractivity contribution in [2.45, 2.75) is 200 Å². The predicted octanol–water partition coefficient (Wildman–Crippen LogP) is 7.87. The number of nitro groups is 2. The van der Waals surface area contributed by atoms with Crippen molar-refractivity contribution in [2.75, 3.05) is 51.3 Å². The minimum absolute atomic E-state index is 0.00623. The fraction of sp³-hybridized carbons (Fsp3) is 0.425. The molecular formula is C87H91N7O36S2. The van der Waals surface area contributed by atoms with Gasteiger partial charge in [0.25, 0.3) is 11.8 Å². The molecule has 8 heterocycles. The molecule has 7 aromatic rings. The first-order chi connectivity index (χ1) is 62.8. The number of nitrogens with zero attached hydrogens (tertiary/aromatic N) is 7. The first-order valence-electron chi connectivity index (χ1n) is 40.8. The summed E-state index contributed by atoms with van der Waals surface area (Å²) in [5.41, 5.74) is 1.06. The van der Waals surface area contributed by atoms with Gasteiger partial charge in [0.05, 0.1) is 58.7 Å². The number of hydrogen-bond donors (Lipinski definition) is 2. The van der Waals surface area contributed by atoms with E-state index in [4.69, 9.17) is 85.3 Å². The Kier molecular flexibility index (Phi) is 29.8. The maximum atomic E-state index is 15.1. The van der Waals surface area contributed by atoms with Gasteiger partial charge < -0.3 is 110 Å². The van der Waals surface area contributed by atoms with Crippen LogP contribution in [0.4, 0.5) is 32.3 Å². The van der Waals surface area contributed by atoms with Crippen LogP contribution >= 0.6 is 22.7 Å². The lowest BCUT2D eigenvalue weighted by atomic mass is 9.98. The van der Waals surface area contributed by atoms with E-state index in [1.807, 2.05) is 54.0 Å². The van der Waals surface area contributed by atoms with Crippen molar-refractivity contribution >= 4 is 117 Å². The van der Waals surface area contributed by atoms with Crippen LogP contribution in [0.25, 0.3) is 0 Å². The van der Waals surface area contributed by atoms with Gasteiger partial charge in [-0.3, -0.25) is 68.2 Å². The van der Waals surface area contributed by atoms with Crippen LogP contribution in [0.3, 0.4) is 0 Å². The molecule has 2 unspecified atom stereocenters. The number of carbonyl (C=O) groups is 12. The first kappa shape index (κ1) is 95.7. The van der Waals surface area contributed by atoms with Gasteiger partial charge in [-0.05, 0) is 106 Å². The monoisotopic (exact) mass is 1870 g/mol. The zero-order valence-electron chi connectivity index (χ0n) is 72.9. The van der Waals surface area contributed by atoms with Crippen LogP contribution in [0, 0.1) is 20.2 Å². The number of anilines is 2. The molecule has 4 amide bonds. The molecular weight excluding hydrogens is 1780 g/mol. The van der Waals surface area contributed by atoms with Gasteiger partial charge in [-0.1, -0.05) is 24.3 Å². The summed E-state index contributed by atoms with van der Waals surface area (Å²) in [6.07, 6.45) is -22.9. The molecule has 43 nitrogen and oxygen atoms in total. The predicted molar refractivity (Wildman–Crippen MR) is 451 cm³/mol. The van der Waals surface area contributed by atoms with Crippen molar-refractivity contribution in [3.63, 3.8) is 0 Å². The number of amides is 4. The maximum Gasteiger partial charge on any atom is 0.416 e. The Bertz CT molecular complexity index is 5330. The summed E-state index contributed by atoms with van der Waals surface area (Å²) >= 11 is 2.77. The number of carbonyl (C=O) groups excluding carboxylic acids is 12. The lowest BCUT2D eigenvalue weighted by Gasteiger charge is -2.43. The Hall–Kier alpha value is -13.9. The number of aliphatic hydroxyl groups excluding tert-OH is 2. The molecule has 6 aliphatic rings. The largest absolute Gasteiger partial charge is 0.493 e. The molecule has 2 aromatic heterocycles. The van der Waals surface area contributed by atoms with E-state index in [2.05, 4.69) is 0 Å². The van der Waals surface area contributed by atoms with E-state index in [1.165, 1.54) is 83.1 Å².